The molecule has 0 fully saturated rings. The molecule has 5 rings (SSSR count). The lowest BCUT2D eigenvalue weighted by molar-refractivity contribution is 0.103. The topological polar surface area (TPSA) is 73.1 Å². The van der Waals surface area contributed by atoms with Crippen molar-refractivity contribution in [1.29, 1.82) is 0 Å². The molecule has 2 aromatic carbocycles. The Morgan fingerprint density at radius 2 is 1.63 bits per heavy atom. The first-order chi connectivity index (χ1) is 14.3. The van der Waals surface area contributed by atoms with Gasteiger partial charge in [0.05, 0.1) is 17.2 Å². The molecule has 0 saturated heterocycles. The first-order valence-electron chi connectivity index (χ1n) is 9.21. The summed E-state index contributed by atoms with van der Waals surface area (Å²) in [5.41, 5.74) is 0.468. The highest BCUT2D eigenvalue weighted by molar-refractivity contribution is 6.23. The van der Waals surface area contributed by atoms with Gasteiger partial charge in [-0.2, -0.15) is 0 Å². The minimum absolute atomic E-state index is 0.0106. The Morgan fingerprint density at radius 3 is 2.33 bits per heavy atom. The average Bonchev–Trinajstić information content (AvgIpc) is 3.02. The molecule has 0 unspecified atom stereocenters. The minimum Gasteiger partial charge on any atom is -0.340 e. The number of Topliss-reactive ketones (excluding diaryl/α,β-unsaturated/α-hetero) is 1. The third-order valence-electron chi connectivity index (χ3n) is 5.75. The van der Waals surface area contributed by atoms with E-state index in [1.807, 2.05) is 0 Å². The van der Waals surface area contributed by atoms with Crippen LogP contribution >= 0.6 is 0 Å². The molecule has 2 heterocycles. The summed E-state index contributed by atoms with van der Waals surface area (Å²) in [5, 5.41) is 3.07. The van der Waals surface area contributed by atoms with Gasteiger partial charge in [-0.05, 0) is 6.07 Å². The van der Waals surface area contributed by atoms with Crippen LogP contribution in [0.5, 0.6) is 0 Å². The standard InChI is InChI=1S/C22H15F2N3O3/c1-26-20-17(21(29)27(2)22(26)30)15(13-8-7-10(23)9-14(13)24)16-18(25-20)11-5-3-4-6-12(11)19(16)28/h3-9,15,25H,1-2H3/t15-/m1/s1. The van der Waals surface area contributed by atoms with E-state index in [0.29, 0.717) is 16.8 Å². The number of fused-ring (bicyclic) bond motifs is 3. The van der Waals surface area contributed by atoms with Crippen molar-refractivity contribution in [2.24, 2.45) is 14.1 Å². The van der Waals surface area contributed by atoms with Crippen molar-refractivity contribution in [2.75, 3.05) is 5.32 Å². The summed E-state index contributed by atoms with van der Waals surface area (Å²) in [5.74, 6) is -2.90. The SMILES string of the molecule is Cn1c2c(c(=O)n(C)c1=O)[C@H](c1ccc(F)cc1F)C1=C(N2)c2ccccc2C1=O. The van der Waals surface area contributed by atoms with Crippen LogP contribution in [0.1, 0.15) is 33.0 Å². The second-order valence-electron chi connectivity index (χ2n) is 7.36. The summed E-state index contributed by atoms with van der Waals surface area (Å²) in [7, 11) is 2.80. The summed E-state index contributed by atoms with van der Waals surface area (Å²) in [6.07, 6.45) is 0. The van der Waals surface area contributed by atoms with E-state index in [0.717, 1.165) is 16.7 Å². The monoisotopic (exact) mass is 407 g/mol. The first-order valence-corrected chi connectivity index (χ1v) is 9.21. The number of aromatic nitrogens is 2. The van der Waals surface area contributed by atoms with Crippen molar-refractivity contribution < 1.29 is 13.6 Å². The lowest BCUT2D eigenvalue weighted by Gasteiger charge is -2.29. The lowest BCUT2D eigenvalue weighted by Crippen LogP contribution is -2.43. The van der Waals surface area contributed by atoms with Crippen molar-refractivity contribution >= 4 is 17.3 Å². The molecule has 1 N–H and O–H groups in total. The number of ketones is 1. The molecular formula is C22H15F2N3O3. The van der Waals surface area contributed by atoms with Gasteiger partial charge in [-0.3, -0.25) is 18.7 Å². The molecule has 150 valence electrons. The summed E-state index contributed by atoms with van der Waals surface area (Å²) < 4.78 is 30.6. The number of allylic oxidation sites excluding steroid dienone is 1. The number of carbonyl (C=O) groups excluding carboxylic acids is 1. The van der Waals surface area contributed by atoms with Crippen LogP contribution in [0.25, 0.3) is 5.70 Å². The zero-order valence-electron chi connectivity index (χ0n) is 16.0. The van der Waals surface area contributed by atoms with E-state index in [1.165, 1.54) is 24.7 Å². The largest absolute Gasteiger partial charge is 0.340 e. The fraction of sp³-hybridized carbons (Fsp3) is 0.136. The number of benzene rings is 2. The number of carbonyl (C=O) groups is 1. The normalized spacial score (nSPS) is 16.8. The fourth-order valence-electron chi connectivity index (χ4n) is 4.30. The first kappa shape index (κ1) is 18.2. The van der Waals surface area contributed by atoms with Gasteiger partial charge < -0.3 is 5.32 Å². The van der Waals surface area contributed by atoms with E-state index in [-0.39, 0.29) is 28.3 Å². The van der Waals surface area contributed by atoms with Crippen LogP contribution in [0.15, 0.2) is 57.6 Å². The van der Waals surface area contributed by atoms with Crippen molar-refractivity contribution in [1.82, 2.24) is 9.13 Å². The molecule has 0 saturated carbocycles. The molecular weight excluding hydrogens is 392 g/mol. The second-order valence-corrected chi connectivity index (χ2v) is 7.36. The Hall–Kier alpha value is -3.81. The van der Waals surface area contributed by atoms with Crippen LogP contribution in [-0.4, -0.2) is 14.9 Å². The number of hydrogen-bond donors (Lipinski definition) is 1. The number of hydrogen-bond acceptors (Lipinski definition) is 4. The van der Waals surface area contributed by atoms with E-state index in [9.17, 15) is 23.2 Å². The van der Waals surface area contributed by atoms with E-state index < -0.39 is 28.8 Å². The smallest absolute Gasteiger partial charge is 0.332 e. The summed E-state index contributed by atoms with van der Waals surface area (Å²) in [6, 6.07) is 9.90. The molecule has 0 radical (unpaired) electrons. The maximum atomic E-state index is 14.9. The number of anilines is 1. The molecule has 8 heteroatoms. The lowest BCUT2D eigenvalue weighted by atomic mass is 9.81. The highest BCUT2D eigenvalue weighted by Gasteiger charge is 2.43. The van der Waals surface area contributed by atoms with Crippen LogP contribution in [0.4, 0.5) is 14.6 Å². The summed E-state index contributed by atoms with van der Waals surface area (Å²) >= 11 is 0. The zero-order chi connectivity index (χ0) is 21.3. The highest BCUT2D eigenvalue weighted by atomic mass is 19.1. The summed E-state index contributed by atoms with van der Waals surface area (Å²) in [4.78, 5) is 38.9. The molecule has 2 aliphatic rings. The molecule has 3 aromatic rings. The van der Waals surface area contributed by atoms with Crippen molar-refractivity contribution in [3.63, 3.8) is 0 Å². The number of rotatable bonds is 1. The molecule has 1 aliphatic carbocycles. The molecule has 0 amide bonds. The van der Waals surface area contributed by atoms with Gasteiger partial charge in [-0.25, -0.2) is 13.6 Å². The average molecular weight is 407 g/mol. The molecule has 6 nitrogen and oxygen atoms in total. The Bertz CT molecular complexity index is 1430. The maximum absolute atomic E-state index is 14.9. The Morgan fingerprint density at radius 1 is 0.933 bits per heavy atom. The van der Waals surface area contributed by atoms with Gasteiger partial charge in [0.2, 0.25) is 0 Å². The quantitative estimate of drug-likeness (QED) is 0.673. The van der Waals surface area contributed by atoms with Crippen LogP contribution < -0.4 is 16.6 Å². The molecule has 1 aliphatic heterocycles. The Kier molecular flexibility index (Phi) is 3.70. The molecule has 30 heavy (non-hydrogen) atoms. The van der Waals surface area contributed by atoms with Gasteiger partial charge in [0.1, 0.15) is 17.5 Å². The molecule has 1 atom stereocenters. The van der Waals surface area contributed by atoms with Gasteiger partial charge in [-0.15, -0.1) is 0 Å². The van der Waals surface area contributed by atoms with E-state index in [1.54, 1.807) is 24.3 Å². The zero-order valence-corrected chi connectivity index (χ0v) is 16.0. The van der Waals surface area contributed by atoms with Crippen LogP contribution in [0.3, 0.4) is 0 Å². The highest BCUT2D eigenvalue weighted by Crippen LogP contribution is 2.48. The third kappa shape index (κ3) is 2.24. The van der Waals surface area contributed by atoms with Gasteiger partial charge in [-0.1, -0.05) is 30.3 Å². The second kappa shape index (κ2) is 6.09. The number of nitrogens with zero attached hydrogens (tertiary/aromatic N) is 2. The van der Waals surface area contributed by atoms with E-state index in [2.05, 4.69) is 5.32 Å². The molecule has 0 bridgehead atoms. The van der Waals surface area contributed by atoms with Crippen molar-refractivity contribution in [3.8, 4) is 0 Å². The predicted octanol–water partition coefficient (Wildman–Crippen LogP) is 2.53. The third-order valence-corrected chi connectivity index (χ3v) is 5.75. The molecule has 0 spiro atoms. The Labute approximate surface area is 168 Å². The van der Waals surface area contributed by atoms with Crippen LogP contribution in [0, 0.1) is 11.6 Å². The number of nitrogens with one attached hydrogen (secondary N) is 1. The fourth-order valence-corrected chi connectivity index (χ4v) is 4.30. The minimum atomic E-state index is -1.10. The predicted molar refractivity (Wildman–Crippen MR) is 106 cm³/mol. The van der Waals surface area contributed by atoms with Gasteiger partial charge in [0, 0.05) is 42.4 Å². The van der Waals surface area contributed by atoms with Gasteiger partial charge in [0.25, 0.3) is 5.56 Å². The Balaban J connectivity index is 1.91. The van der Waals surface area contributed by atoms with Crippen molar-refractivity contribution in [3.05, 3.63) is 103 Å². The van der Waals surface area contributed by atoms with E-state index in [4.69, 9.17) is 0 Å². The van der Waals surface area contributed by atoms with Crippen molar-refractivity contribution in [2.45, 2.75) is 5.92 Å². The van der Waals surface area contributed by atoms with Crippen LogP contribution in [-0.2, 0) is 14.1 Å². The summed E-state index contributed by atoms with van der Waals surface area (Å²) in [6.45, 7) is 0. The van der Waals surface area contributed by atoms with Gasteiger partial charge >= 0.3 is 5.69 Å². The van der Waals surface area contributed by atoms with Gasteiger partial charge in [0.15, 0.2) is 5.78 Å². The maximum Gasteiger partial charge on any atom is 0.332 e. The van der Waals surface area contributed by atoms with Crippen LogP contribution in [0.2, 0.25) is 0 Å². The number of halogens is 2. The van der Waals surface area contributed by atoms with E-state index >= 15 is 0 Å². The molecule has 1 aromatic heterocycles.